The molecule has 98 valence electrons. The zero-order valence-corrected chi connectivity index (χ0v) is 9.93. The first-order chi connectivity index (χ1) is 8.54. The fourth-order valence-corrected chi connectivity index (χ4v) is 1.47. The minimum Gasteiger partial charge on any atom is -0.480 e. The summed E-state index contributed by atoms with van der Waals surface area (Å²) in [6.07, 6.45) is 0.188. The topological polar surface area (TPSA) is 118 Å². The normalized spacial score (nSPS) is 11.9. The van der Waals surface area contributed by atoms with E-state index in [9.17, 15) is 9.59 Å². The van der Waals surface area contributed by atoms with Gasteiger partial charge >= 0.3 is 5.97 Å². The highest BCUT2D eigenvalue weighted by Gasteiger charge is 2.13. The molecule has 0 spiro atoms. The maximum absolute atomic E-state index is 11.7. The molecule has 0 saturated heterocycles. The molecule has 0 aliphatic carbocycles. The molecular weight excluding hydrogens is 234 g/mol. The SMILES string of the molecule is NCCNC(=O)c1cccc(C[C@H](N)C(=O)O)c1. The average Bonchev–Trinajstić information content (AvgIpc) is 2.36. The molecule has 0 unspecified atom stereocenters. The van der Waals surface area contributed by atoms with E-state index in [2.05, 4.69) is 5.32 Å². The van der Waals surface area contributed by atoms with Crippen LogP contribution in [0.15, 0.2) is 24.3 Å². The predicted octanol–water partition coefficient (Wildman–Crippen LogP) is -0.670. The van der Waals surface area contributed by atoms with Gasteiger partial charge in [-0.25, -0.2) is 0 Å². The van der Waals surface area contributed by atoms with Gasteiger partial charge in [-0.05, 0) is 24.1 Å². The number of hydrogen-bond donors (Lipinski definition) is 4. The second-order valence-corrected chi connectivity index (χ2v) is 3.89. The van der Waals surface area contributed by atoms with E-state index in [1.54, 1.807) is 24.3 Å². The van der Waals surface area contributed by atoms with E-state index >= 15 is 0 Å². The average molecular weight is 251 g/mol. The van der Waals surface area contributed by atoms with Gasteiger partial charge in [-0.2, -0.15) is 0 Å². The molecule has 6 heteroatoms. The van der Waals surface area contributed by atoms with Crippen LogP contribution in [0.1, 0.15) is 15.9 Å². The van der Waals surface area contributed by atoms with E-state index in [4.69, 9.17) is 16.6 Å². The Morgan fingerprint density at radius 3 is 2.72 bits per heavy atom. The summed E-state index contributed by atoms with van der Waals surface area (Å²) in [5.41, 5.74) is 11.9. The smallest absolute Gasteiger partial charge is 0.320 e. The summed E-state index contributed by atoms with van der Waals surface area (Å²) in [6.45, 7) is 0.771. The summed E-state index contributed by atoms with van der Waals surface area (Å²) in [5.74, 6) is -1.29. The van der Waals surface area contributed by atoms with Crippen LogP contribution in [0.5, 0.6) is 0 Å². The molecule has 1 atom stereocenters. The Bertz CT molecular complexity index is 434. The number of aliphatic carboxylic acids is 1. The Morgan fingerprint density at radius 2 is 2.11 bits per heavy atom. The lowest BCUT2D eigenvalue weighted by Gasteiger charge is -2.08. The molecule has 1 aromatic carbocycles. The molecule has 18 heavy (non-hydrogen) atoms. The van der Waals surface area contributed by atoms with Crippen LogP contribution >= 0.6 is 0 Å². The van der Waals surface area contributed by atoms with Crippen LogP contribution in [-0.4, -0.2) is 36.1 Å². The second-order valence-electron chi connectivity index (χ2n) is 3.89. The molecule has 0 radical (unpaired) electrons. The first-order valence-corrected chi connectivity index (χ1v) is 5.60. The van der Waals surface area contributed by atoms with Crippen molar-refractivity contribution in [2.24, 2.45) is 11.5 Å². The van der Waals surface area contributed by atoms with Gasteiger partial charge in [0.25, 0.3) is 5.91 Å². The number of carboxylic acids is 1. The van der Waals surface area contributed by atoms with E-state index in [0.29, 0.717) is 24.2 Å². The predicted molar refractivity (Wildman–Crippen MR) is 67.1 cm³/mol. The van der Waals surface area contributed by atoms with Gasteiger partial charge in [-0.15, -0.1) is 0 Å². The van der Waals surface area contributed by atoms with Gasteiger partial charge < -0.3 is 21.9 Å². The van der Waals surface area contributed by atoms with E-state index in [-0.39, 0.29) is 12.3 Å². The molecule has 1 rings (SSSR count). The number of nitrogens with one attached hydrogen (secondary N) is 1. The van der Waals surface area contributed by atoms with Gasteiger partial charge in [-0.1, -0.05) is 12.1 Å². The van der Waals surface area contributed by atoms with Crippen LogP contribution in [0, 0.1) is 0 Å². The van der Waals surface area contributed by atoms with E-state index in [1.807, 2.05) is 0 Å². The van der Waals surface area contributed by atoms with Crippen molar-refractivity contribution in [1.29, 1.82) is 0 Å². The zero-order valence-electron chi connectivity index (χ0n) is 9.93. The number of rotatable bonds is 6. The van der Waals surface area contributed by atoms with Crippen molar-refractivity contribution in [2.45, 2.75) is 12.5 Å². The van der Waals surface area contributed by atoms with Crippen LogP contribution in [-0.2, 0) is 11.2 Å². The van der Waals surface area contributed by atoms with Crippen molar-refractivity contribution in [3.8, 4) is 0 Å². The van der Waals surface area contributed by atoms with Gasteiger partial charge in [0, 0.05) is 18.7 Å². The fourth-order valence-electron chi connectivity index (χ4n) is 1.47. The third-order valence-electron chi connectivity index (χ3n) is 2.39. The first-order valence-electron chi connectivity index (χ1n) is 5.60. The third-order valence-corrected chi connectivity index (χ3v) is 2.39. The number of nitrogens with two attached hydrogens (primary N) is 2. The molecular formula is C12H17N3O3. The Morgan fingerprint density at radius 1 is 1.39 bits per heavy atom. The van der Waals surface area contributed by atoms with Gasteiger partial charge in [0.1, 0.15) is 6.04 Å². The van der Waals surface area contributed by atoms with Gasteiger partial charge in [0.2, 0.25) is 0 Å². The van der Waals surface area contributed by atoms with Crippen LogP contribution < -0.4 is 16.8 Å². The lowest BCUT2D eigenvalue weighted by atomic mass is 10.0. The first kappa shape index (κ1) is 14.1. The number of hydrogen-bond acceptors (Lipinski definition) is 4. The van der Waals surface area contributed by atoms with Crippen molar-refractivity contribution in [3.05, 3.63) is 35.4 Å². The molecule has 0 aliphatic rings. The monoisotopic (exact) mass is 251 g/mol. The number of carbonyl (C=O) groups is 2. The minimum absolute atomic E-state index is 0.188. The standard InChI is InChI=1S/C12H17N3O3/c13-4-5-15-11(16)9-3-1-2-8(6-9)7-10(14)12(17)18/h1-3,6,10H,4-5,7,13-14H2,(H,15,16)(H,17,18)/t10-/m0/s1. The van der Waals surface area contributed by atoms with Crippen LogP contribution in [0.2, 0.25) is 0 Å². The maximum Gasteiger partial charge on any atom is 0.320 e. The van der Waals surface area contributed by atoms with Crippen LogP contribution in [0.3, 0.4) is 0 Å². The molecule has 6 nitrogen and oxygen atoms in total. The molecule has 1 aromatic rings. The van der Waals surface area contributed by atoms with Gasteiger partial charge in [0.05, 0.1) is 0 Å². The molecule has 0 bridgehead atoms. The zero-order chi connectivity index (χ0) is 13.5. The van der Waals surface area contributed by atoms with Crippen molar-refractivity contribution in [1.82, 2.24) is 5.32 Å². The summed E-state index contributed by atoms with van der Waals surface area (Å²) in [6, 6.07) is 5.76. The fraction of sp³-hybridized carbons (Fsp3) is 0.333. The van der Waals surface area contributed by atoms with E-state index < -0.39 is 12.0 Å². The summed E-state index contributed by atoms with van der Waals surface area (Å²) in [7, 11) is 0. The Labute approximate surface area is 105 Å². The van der Waals surface area contributed by atoms with Crippen molar-refractivity contribution in [2.75, 3.05) is 13.1 Å². The van der Waals surface area contributed by atoms with Crippen LogP contribution in [0.4, 0.5) is 0 Å². The minimum atomic E-state index is -1.06. The molecule has 0 fully saturated rings. The van der Waals surface area contributed by atoms with Gasteiger partial charge in [-0.3, -0.25) is 9.59 Å². The summed E-state index contributed by atoms with van der Waals surface area (Å²) in [5, 5.41) is 11.4. The highest BCUT2D eigenvalue weighted by molar-refractivity contribution is 5.94. The summed E-state index contributed by atoms with van der Waals surface area (Å²) >= 11 is 0. The van der Waals surface area contributed by atoms with Crippen molar-refractivity contribution >= 4 is 11.9 Å². The molecule has 0 aliphatic heterocycles. The Kier molecular flexibility index (Phi) is 5.29. The quantitative estimate of drug-likeness (QED) is 0.534. The Hall–Kier alpha value is -1.92. The maximum atomic E-state index is 11.7. The molecule has 1 amide bonds. The number of carboxylic acid groups (broad SMARTS) is 1. The number of carbonyl (C=O) groups excluding carboxylic acids is 1. The summed E-state index contributed by atoms with van der Waals surface area (Å²) < 4.78 is 0. The second kappa shape index (κ2) is 6.73. The van der Waals surface area contributed by atoms with E-state index in [1.165, 1.54) is 0 Å². The van der Waals surface area contributed by atoms with Gasteiger partial charge in [0.15, 0.2) is 0 Å². The van der Waals surface area contributed by atoms with Crippen LogP contribution in [0.25, 0.3) is 0 Å². The van der Waals surface area contributed by atoms with Crippen molar-refractivity contribution in [3.63, 3.8) is 0 Å². The molecule has 6 N–H and O–H groups in total. The van der Waals surface area contributed by atoms with Crippen molar-refractivity contribution < 1.29 is 14.7 Å². The van der Waals surface area contributed by atoms with E-state index in [0.717, 1.165) is 0 Å². The molecule has 0 aromatic heterocycles. The largest absolute Gasteiger partial charge is 0.480 e. The third kappa shape index (κ3) is 4.15. The number of benzene rings is 1. The summed E-state index contributed by atoms with van der Waals surface area (Å²) in [4.78, 5) is 22.3. The number of amides is 1. The Balaban J connectivity index is 2.73. The lowest BCUT2D eigenvalue weighted by Crippen LogP contribution is -2.32. The lowest BCUT2D eigenvalue weighted by molar-refractivity contribution is -0.138. The molecule has 0 heterocycles. The highest BCUT2D eigenvalue weighted by atomic mass is 16.4. The highest BCUT2D eigenvalue weighted by Crippen LogP contribution is 2.07. The molecule has 0 saturated carbocycles.